The molecule has 1 N–H and O–H groups in total. The van der Waals surface area contributed by atoms with Gasteiger partial charge in [-0.05, 0) is 18.6 Å². The van der Waals surface area contributed by atoms with E-state index in [0.29, 0.717) is 6.54 Å². The van der Waals surface area contributed by atoms with E-state index in [-0.39, 0.29) is 6.03 Å². The van der Waals surface area contributed by atoms with E-state index in [0.717, 1.165) is 51.4 Å². The van der Waals surface area contributed by atoms with Crippen LogP contribution < -0.4 is 5.32 Å². The minimum Gasteiger partial charge on any atom is -0.338 e. The summed E-state index contributed by atoms with van der Waals surface area (Å²) in [7, 11) is 0. The first-order valence-corrected chi connectivity index (χ1v) is 8.30. The predicted octanol–water partition coefficient (Wildman–Crippen LogP) is 0.591. The highest BCUT2D eigenvalue weighted by Crippen LogP contribution is 2.06. The monoisotopic (exact) mass is 329 g/mol. The van der Waals surface area contributed by atoms with Gasteiger partial charge in [0.1, 0.15) is 0 Å². The first kappa shape index (κ1) is 16.4. The molecule has 0 unspecified atom stereocenters. The molecule has 2 amide bonds. The molecule has 1 fully saturated rings. The standard InChI is InChI=1S/C16H23N7O/c24-16(18-6-3-8-23-9-7-19-20-23)22-12-10-21(11-13-22)14-15-4-1-2-5-17-15/h1-2,4-5,7,9H,3,6,8,10-14H2,(H,18,24). The highest BCUT2D eigenvalue weighted by atomic mass is 16.2. The van der Waals surface area contributed by atoms with Crippen molar-refractivity contribution in [3.63, 3.8) is 0 Å². The Morgan fingerprint density at radius 2 is 2.04 bits per heavy atom. The second kappa shape index (κ2) is 8.39. The highest BCUT2D eigenvalue weighted by molar-refractivity contribution is 5.74. The van der Waals surface area contributed by atoms with Crippen molar-refractivity contribution in [2.45, 2.75) is 19.5 Å². The van der Waals surface area contributed by atoms with Crippen LogP contribution in [0.1, 0.15) is 12.1 Å². The number of carbonyl (C=O) groups is 1. The van der Waals surface area contributed by atoms with Gasteiger partial charge in [0, 0.05) is 58.2 Å². The molecule has 0 aromatic carbocycles. The van der Waals surface area contributed by atoms with E-state index in [9.17, 15) is 4.79 Å². The second-order valence-corrected chi connectivity index (χ2v) is 5.84. The van der Waals surface area contributed by atoms with E-state index in [1.54, 1.807) is 10.9 Å². The van der Waals surface area contributed by atoms with Crippen molar-refractivity contribution in [2.75, 3.05) is 32.7 Å². The molecule has 3 rings (SSSR count). The number of hydrogen-bond acceptors (Lipinski definition) is 5. The number of aromatic nitrogens is 4. The van der Waals surface area contributed by atoms with Crippen molar-refractivity contribution < 1.29 is 4.79 Å². The van der Waals surface area contributed by atoms with E-state index in [1.165, 1.54) is 0 Å². The fourth-order valence-corrected chi connectivity index (χ4v) is 2.73. The third kappa shape index (κ3) is 4.76. The lowest BCUT2D eigenvalue weighted by Crippen LogP contribution is -2.51. The number of aryl methyl sites for hydroxylation is 1. The van der Waals surface area contributed by atoms with E-state index < -0.39 is 0 Å². The summed E-state index contributed by atoms with van der Waals surface area (Å²) in [6.07, 6.45) is 6.14. The summed E-state index contributed by atoms with van der Waals surface area (Å²) in [6, 6.07) is 5.99. The van der Waals surface area contributed by atoms with Gasteiger partial charge in [-0.25, -0.2) is 4.79 Å². The van der Waals surface area contributed by atoms with Crippen LogP contribution in [0, 0.1) is 0 Å². The number of piperazine rings is 1. The zero-order valence-corrected chi connectivity index (χ0v) is 13.7. The molecule has 2 aromatic heterocycles. The van der Waals surface area contributed by atoms with Gasteiger partial charge in [0.2, 0.25) is 0 Å². The molecular formula is C16H23N7O. The molecule has 1 saturated heterocycles. The summed E-state index contributed by atoms with van der Waals surface area (Å²) in [4.78, 5) is 20.7. The molecular weight excluding hydrogens is 306 g/mol. The summed E-state index contributed by atoms with van der Waals surface area (Å²) in [5.74, 6) is 0. The third-order valence-electron chi connectivity index (χ3n) is 4.08. The number of carbonyl (C=O) groups excluding carboxylic acids is 1. The maximum absolute atomic E-state index is 12.2. The lowest BCUT2D eigenvalue weighted by molar-refractivity contribution is 0.134. The van der Waals surface area contributed by atoms with Crippen LogP contribution in [0.3, 0.4) is 0 Å². The van der Waals surface area contributed by atoms with Gasteiger partial charge in [0.05, 0.1) is 11.9 Å². The molecule has 24 heavy (non-hydrogen) atoms. The van der Waals surface area contributed by atoms with E-state index in [1.807, 2.05) is 35.5 Å². The Morgan fingerprint density at radius 3 is 2.75 bits per heavy atom. The van der Waals surface area contributed by atoms with Crippen molar-refractivity contribution in [1.82, 2.24) is 35.1 Å². The quantitative estimate of drug-likeness (QED) is 0.785. The molecule has 8 heteroatoms. The van der Waals surface area contributed by atoms with Crippen molar-refractivity contribution in [2.24, 2.45) is 0 Å². The Labute approximate surface area is 141 Å². The van der Waals surface area contributed by atoms with Crippen molar-refractivity contribution in [3.05, 3.63) is 42.5 Å². The van der Waals surface area contributed by atoms with Gasteiger partial charge in [-0.1, -0.05) is 11.3 Å². The van der Waals surface area contributed by atoms with Gasteiger partial charge in [-0.3, -0.25) is 14.6 Å². The van der Waals surface area contributed by atoms with Gasteiger partial charge in [-0.15, -0.1) is 5.10 Å². The first-order valence-electron chi connectivity index (χ1n) is 8.30. The van der Waals surface area contributed by atoms with Gasteiger partial charge >= 0.3 is 6.03 Å². The molecule has 3 heterocycles. The molecule has 128 valence electrons. The number of rotatable bonds is 6. The van der Waals surface area contributed by atoms with Gasteiger partial charge < -0.3 is 10.2 Å². The molecule has 0 bridgehead atoms. The Balaban J connectivity index is 1.33. The van der Waals surface area contributed by atoms with Crippen LogP contribution in [0.5, 0.6) is 0 Å². The number of amides is 2. The summed E-state index contributed by atoms with van der Waals surface area (Å²) < 4.78 is 1.77. The van der Waals surface area contributed by atoms with Crippen LogP contribution in [0.2, 0.25) is 0 Å². The fraction of sp³-hybridized carbons (Fsp3) is 0.500. The molecule has 1 aliphatic heterocycles. The Kier molecular flexibility index (Phi) is 5.73. The van der Waals surface area contributed by atoms with Crippen molar-refractivity contribution in [3.8, 4) is 0 Å². The smallest absolute Gasteiger partial charge is 0.317 e. The summed E-state index contributed by atoms with van der Waals surface area (Å²) in [5, 5.41) is 10.6. The van der Waals surface area contributed by atoms with Gasteiger partial charge in [0.15, 0.2) is 0 Å². The Hall–Kier alpha value is -2.48. The molecule has 0 radical (unpaired) electrons. The Bertz CT molecular complexity index is 609. The molecule has 1 aliphatic rings. The van der Waals surface area contributed by atoms with Gasteiger partial charge in [0.25, 0.3) is 0 Å². The number of pyridine rings is 1. The SMILES string of the molecule is O=C(NCCCn1ccnn1)N1CCN(Cc2ccccn2)CC1. The molecule has 0 spiro atoms. The van der Waals surface area contributed by atoms with Gasteiger partial charge in [-0.2, -0.15) is 0 Å². The van der Waals surface area contributed by atoms with E-state index in [4.69, 9.17) is 0 Å². The van der Waals surface area contributed by atoms with E-state index >= 15 is 0 Å². The maximum atomic E-state index is 12.2. The molecule has 0 atom stereocenters. The third-order valence-corrected chi connectivity index (χ3v) is 4.08. The van der Waals surface area contributed by atoms with Crippen LogP contribution in [-0.4, -0.2) is 68.5 Å². The molecule has 2 aromatic rings. The molecule has 8 nitrogen and oxygen atoms in total. The van der Waals surface area contributed by atoms with E-state index in [2.05, 4.69) is 25.5 Å². The zero-order chi connectivity index (χ0) is 16.6. The normalized spacial score (nSPS) is 15.4. The minimum atomic E-state index is 0.0195. The lowest BCUT2D eigenvalue weighted by Gasteiger charge is -2.34. The summed E-state index contributed by atoms with van der Waals surface area (Å²) >= 11 is 0. The van der Waals surface area contributed by atoms with Crippen LogP contribution >= 0.6 is 0 Å². The summed E-state index contributed by atoms with van der Waals surface area (Å²) in [6.45, 7) is 5.51. The number of hydrogen-bond donors (Lipinski definition) is 1. The predicted molar refractivity (Wildman–Crippen MR) is 89.1 cm³/mol. The lowest BCUT2D eigenvalue weighted by atomic mass is 10.3. The first-order chi connectivity index (χ1) is 11.8. The Morgan fingerprint density at radius 1 is 1.17 bits per heavy atom. The van der Waals surface area contributed by atoms with Crippen molar-refractivity contribution in [1.29, 1.82) is 0 Å². The maximum Gasteiger partial charge on any atom is 0.317 e. The van der Waals surface area contributed by atoms with Crippen LogP contribution in [0.25, 0.3) is 0 Å². The topological polar surface area (TPSA) is 79.2 Å². The highest BCUT2D eigenvalue weighted by Gasteiger charge is 2.20. The fourth-order valence-electron chi connectivity index (χ4n) is 2.73. The van der Waals surface area contributed by atoms with Crippen LogP contribution in [-0.2, 0) is 13.1 Å². The van der Waals surface area contributed by atoms with Crippen LogP contribution in [0.4, 0.5) is 4.79 Å². The second-order valence-electron chi connectivity index (χ2n) is 5.84. The largest absolute Gasteiger partial charge is 0.338 e. The molecule has 0 saturated carbocycles. The zero-order valence-electron chi connectivity index (χ0n) is 13.7. The van der Waals surface area contributed by atoms with Crippen LogP contribution in [0.15, 0.2) is 36.8 Å². The number of nitrogens with one attached hydrogen (secondary N) is 1. The molecule has 0 aliphatic carbocycles. The minimum absolute atomic E-state index is 0.0195. The number of urea groups is 1. The summed E-state index contributed by atoms with van der Waals surface area (Å²) in [5.41, 5.74) is 1.07. The number of nitrogens with zero attached hydrogens (tertiary/aromatic N) is 6. The average Bonchev–Trinajstić information content (AvgIpc) is 3.13. The average molecular weight is 329 g/mol. The van der Waals surface area contributed by atoms with Crippen molar-refractivity contribution >= 4 is 6.03 Å².